The van der Waals surface area contributed by atoms with Gasteiger partial charge >= 0.3 is 0 Å². The summed E-state index contributed by atoms with van der Waals surface area (Å²) in [6.45, 7) is 1.53. The molecule has 1 spiro atoms. The summed E-state index contributed by atoms with van der Waals surface area (Å²) in [6, 6.07) is 9.16. The van der Waals surface area contributed by atoms with E-state index in [1.54, 1.807) is 6.20 Å². The summed E-state index contributed by atoms with van der Waals surface area (Å²) in [5, 5.41) is 3.57. The van der Waals surface area contributed by atoms with Crippen LogP contribution in [0.2, 0.25) is 0 Å². The van der Waals surface area contributed by atoms with Crippen molar-refractivity contribution in [1.82, 2.24) is 14.6 Å². The fourth-order valence-corrected chi connectivity index (χ4v) is 5.87. The highest BCUT2D eigenvalue weighted by atomic mass is 32.2. The number of morpholine rings is 1. The van der Waals surface area contributed by atoms with Gasteiger partial charge in [-0.05, 0) is 42.7 Å². The quantitative estimate of drug-likeness (QED) is 0.807. The van der Waals surface area contributed by atoms with E-state index < -0.39 is 21.4 Å². The number of benzene rings is 1. The molecule has 2 aliphatic rings. The summed E-state index contributed by atoms with van der Waals surface area (Å²) >= 11 is 0. The zero-order valence-electron chi connectivity index (χ0n) is 16.3. The Morgan fingerprint density at radius 1 is 1.28 bits per heavy atom. The number of hydrogen-bond donors (Lipinski definition) is 1. The summed E-state index contributed by atoms with van der Waals surface area (Å²) in [5.41, 5.74) is 0.507. The Morgan fingerprint density at radius 3 is 2.97 bits per heavy atom. The number of ether oxygens (including phenoxy) is 1. The third kappa shape index (κ3) is 4.35. The van der Waals surface area contributed by atoms with Gasteiger partial charge in [0, 0.05) is 38.1 Å². The lowest BCUT2D eigenvalue weighted by molar-refractivity contribution is -0.127. The van der Waals surface area contributed by atoms with Crippen LogP contribution in [0.15, 0.2) is 53.7 Å². The predicted molar refractivity (Wildman–Crippen MR) is 107 cm³/mol. The standard InChI is InChI=1S/C21H26FN3O3S/c22-18-6-3-7-19(13-18)29(26,27)25-11-12-28-21(16-25)9-2-1-8-20(21)24-15-17-5-4-10-23-14-17/h3-7,10,13-14,20,24H,1-2,8-9,11-12,15-16H2/t20-,21+/m0/s1. The molecule has 0 radical (unpaired) electrons. The van der Waals surface area contributed by atoms with Crippen LogP contribution in [0.1, 0.15) is 31.2 Å². The average molecular weight is 420 g/mol. The first-order chi connectivity index (χ1) is 14.0. The van der Waals surface area contributed by atoms with E-state index in [-0.39, 0.29) is 24.0 Å². The predicted octanol–water partition coefficient (Wildman–Crippen LogP) is 2.71. The molecule has 1 aromatic heterocycles. The SMILES string of the molecule is O=S(=O)(c1cccc(F)c1)N1CCO[C@]2(CCCC[C@@H]2NCc2cccnc2)C1. The smallest absolute Gasteiger partial charge is 0.243 e. The summed E-state index contributed by atoms with van der Waals surface area (Å²) in [4.78, 5) is 4.14. The molecule has 1 aromatic carbocycles. The molecule has 6 nitrogen and oxygen atoms in total. The highest BCUT2D eigenvalue weighted by Gasteiger charge is 2.47. The maximum Gasteiger partial charge on any atom is 0.243 e. The number of nitrogens with one attached hydrogen (secondary N) is 1. The minimum absolute atomic E-state index is 0.00905. The van der Waals surface area contributed by atoms with Crippen molar-refractivity contribution in [1.29, 1.82) is 0 Å². The lowest BCUT2D eigenvalue weighted by atomic mass is 9.79. The van der Waals surface area contributed by atoms with E-state index in [1.165, 1.54) is 22.5 Å². The van der Waals surface area contributed by atoms with Crippen LogP contribution in [0.5, 0.6) is 0 Å². The molecule has 8 heteroatoms. The maximum atomic E-state index is 13.6. The normalized spacial score (nSPS) is 25.9. The molecule has 1 aliphatic carbocycles. The van der Waals surface area contributed by atoms with Gasteiger partial charge < -0.3 is 10.1 Å². The minimum Gasteiger partial charge on any atom is -0.371 e. The van der Waals surface area contributed by atoms with Crippen LogP contribution in [-0.2, 0) is 21.3 Å². The van der Waals surface area contributed by atoms with E-state index >= 15 is 0 Å². The summed E-state index contributed by atoms with van der Waals surface area (Å²) < 4.78 is 47.6. The fourth-order valence-electron chi connectivity index (χ4n) is 4.36. The van der Waals surface area contributed by atoms with Gasteiger partial charge in [0.05, 0.1) is 17.1 Å². The van der Waals surface area contributed by atoms with Crippen molar-refractivity contribution < 1.29 is 17.5 Å². The second kappa shape index (κ2) is 8.47. The average Bonchev–Trinajstić information content (AvgIpc) is 2.74. The molecule has 1 saturated heterocycles. The molecule has 1 N–H and O–H groups in total. The van der Waals surface area contributed by atoms with Crippen LogP contribution in [0.25, 0.3) is 0 Å². The van der Waals surface area contributed by atoms with Gasteiger partial charge in [0.25, 0.3) is 0 Å². The van der Waals surface area contributed by atoms with Gasteiger partial charge in [-0.2, -0.15) is 4.31 Å². The van der Waals surface area contributed by atoms with Crippen molar-refractivity contribution in [2.75, 3.05) is 19.7 Å². The van der Waals surface area contributed by atoms with Crippen molar-refractivity contribution in [3.63, 3.8) is 0 Å². The number of rotatable bonds is 5. The number of aromatic nitrogens is 1. The number of pyridine rings is 1. The van der Waals surface area contributed by atoms with E-state index in [0.29, 0.717) is 13.2 Å². The Labute approximate surface area is 171 Å². The van der Waals surface area contributed by atoms with Crippen molar-refractivity contribution in [3.8, 4) is 0 Å². The first-order valence-corrected chi connectivity index (χ1v) is 11.5. The highest BCUT2D eigenvalue weighted by molar-refractivity contribution is 7.89. The van der Waals surface area contributed by atoms with Gasteiger partial charge in [0.15, 0.2) is 0 Å². The monoisotopic (exact) mass is 419 g/mol. The van der Waals surface area contributed by atoms with Gasteiger partial charge in [-0.1, -0.05) is 25.0 Å². The summed E-state index contributed by atoms with van der Waals surface area (Å²) in [6.07, 6.45) is 7.36. The third-order valence-corrected chi connectivity index (χ3v) is 7.70. The fraction of sp³-hybridized carbons (Fsp3) is 0.476. The molecule has 2 heterocycles. The molecule has 29 heavy (non-hydrogen) atoms. The molecule has 0 bridgehead atoms. The Balaban J connectivity index is 1.54. The zero-order valence-corrected chi connectivity index (χ0v) is 17.1. The molecular weight excluding hydrogens is 393 g/mol. The van der Waals surface area contributed by atoms with E-state index in [0.717, 1.165) is 37.3 Å². The van der Waals surface area contributed by atoms with Crippen LogP contribution >= 0.6 is 0 Å². The lowest BCUT2D eigenvalue weighted by Gasteiger charge is -2.49. The molecule has 2 fully saturated rings. The minimum atomic E-state index is -3.77. The first kappa shape index (κ1) is 20.4. The topological polar surface area (TPSA) is 71.5 Å². The molecular formula is C21H26FN3O3S. The van der Waals surface area contributed by atoms with Crippen LogP contribution in [0, 0.1) is 5.82 Å². The number of hydrogen-bond acceptors (Lipinski definition) is 5. The van der Waals surface area contributed by atoms with Gasteiger partial charge in [0.2, 0.25) is 10.0 Å². The Bertz CT molecular complexity index is 937. The lowest BCUT2D eigenvalue weighted by Crippen LogP contribution is -2.63. The first-order valence-electron chi connectivity index (χ1n) is 10.0. The number of halogens is 1. The van der Waals surface area contributed by atoms with Crippen LogP contribution in [-0.4, -0.2) is 49.0 Å². The molecule has 2 aromatic rings. The van der Waals surface area contributed by atoms with Crippen molar-refractivity contribution >= 4 is 10.0 Å². The summed E-state index contributed by atoms with van der Waals surface area (Å²) in [5.74, 6) is -0.553. The largest absolute Gasteiger partial charge is 0.371 e. The number of sulfonamides is 1. The number of nitrogens with zero attached hydrogens (tertiary/aromatic N) is 2. The third-order valence-electron chi connectivity index (χ3n) is 5.86. The van der Waals surface area contributed by atoms with Gasteiger partial charge in [-0.15, -0.1) is 0 Å². The molecule has 156 valence electrons. The van der Waals surface area contributed by atoms with Crippen LogP contribution in [0.3, 0.4) is 0 Å². The van der Waals surface area contributed by atoms with Crippen molar-refractivity contribution in [2.45, 2.75) is 48.8 Å². The van der Waals surface area contributed by atoms with Crippen molar-refractivity contribution in [2.24, 2.45) is 0 Å². The van der Waals surface area contributed by atoms with Gasteiger partial charge in [-0.3, -0.25) is 4.98 Å². The van der Waals surface area contributed by atoms with Gasteiger partial charge in [-0.25, -0.2) is 12.8 Å². The maximum absolute atomic E-state index is 13.6. The molecule has 0 amide bonds. The zero-order chi connectivity index (χ0) is 20.3. The van der Waals surface area contributed by atoms with E-state index in [4.69, 9.17) is 4.74 Å². The molecule has 2 atom stereocenters. The molecule has 1 aliphatic heterocycles. The second-order valence-electron chi connectivity index (χ2n) is 7.75. The van der Waals surface area contributed by atoms with E-state index in [1.807, 2.05) is 18.3 Å². The van der Waals surface area contributed by atoms with E-state index in [9.17, 15) is 12.8 Å². The second-order valence-corrected chi connectivity index (χ2v) is 9.69. The Morgan fingerprint density at radius 2 is 2.17 bits per heavy atom. The summed E-state index contributed by atoms with van der Waals surface area (Å²) in [7, 11) is -3.77. The molecule has 4 rings (SSSR count). The molecule has 1 saturated carbocycles. The Kier molecular flexibility index (Phi) is 5.96. The Hall–Kier alpha value is -1.87. The highest BCUT2D eigenvalue weighted by Crippen LogP contribution is 2.36. The van der Waals surface area contributed by atoms with Crippen LogP contribution < -0.4 is 5.32 Å². The van der Waals surface area contributed by atoms with Gasteiger partial charge in [0.1, 0.15) is 5.82 Å². The van der Waals surface area contributed by atoms with Crippen molar-refractivity contribution in [3.05, 3.63) is 60.2 Å². The van der Waals surface area contributed by atoms with E-state index in [2.05, 4.69) is 10.3 Å². The van der Waals surface area contributed by atoms with Crippen LogP contribution in [0.4, 0.5) is 4.39 Å². The molecule has 0 unspecified atom stereocenters.